The van der Waals surface area contributed by atoms with E-state index in [2.05, 4.69) is 10.3 Å². The zero-order valence-corrected chi connectivity index (χ0v) is 20.2. The molecule has 1 atom stereocenters. The second-order valence-corrected chi connectivity index (χ2v) is 8.65. The van der Waals surface area contributed by atoms with Gasteiger partial charge in [0.2, 0.25) is 11.8 Å². The number of aryl methyl sites for hydroxylation is 1. The quantitative estimate of drug-likeness (QED) is 0.512. The van der Waals surface area contributed by atoms with E-state index in [1.165, 1.54) is 0 Å². The molecule has 2 amide bonds. The summed E-state index contributed by atoms with van der Waals surface area (Å²) in [7, 11) is 3.52. The first kappa shape index (κ1) is 24.3. The number of imidazole rings is 1. The second kappa shape index (κ2) is 11.6. The summed E-state index contributed by atoms with van der Waals surface area (Å²) < 4.78 is 13.1. The second-order valence-electron chi connectivity index (χ2n) is 8.65. The van der Waals surface area contributed by atoms with Gasteiger partial charge in [-0.05, 0) is 31.0 Å². The highest BCUT2D eigenvalue weighted by atomic mass is 16.5. The predicted molar refractivity (Wildman–Crippen MR) is 132 cm³/mol. The summed E-state index contributed by atoms with van der Waals surface area (Å²) >= 11 is 0. The van der Waals surface area contributed by atoms with Crippen LogP contribution in [0.5, 0.6) is 11.5 Å². The summed E-state index contributed by atoms with van der Waals surface area (Å²) in [4.78, 5) is 32.2. The smallest absolute Gasteiger partial charge is 0.225 e. The number of carbonyl (C=O) groups excluding carboxylic acids is 2. The Balaban J connectivity index is 1.33. The SMILES string of the molecule is COc1ccccc1C(NC(=O)C1CCN(C(=O)CCOc2ccccc2)CC1)c1nccn1C. The molecule has 0 saturated carbocycles. The van der Waals surface area contributed by atoms with E-state index in [9.17, 15) is 9.59 Å². The lowest BCUT2D eigenvalue weighted by Gasteiger charge is -2.32. The minimum absolute atomic E-state index is 0.0385. The molecule has 1 aliphatic rings. The highest BCUT2D eigenvalue weighted by molar-refractivity contribution is 5.81. The van der Waals surface area contributed by atoms with Gasteiger partial charge in [0.15, 0.2) is 0 Å². The maximum absolute atomic E-state index is 13.3. The van der Waals surface area contributed by atoms with Gasteiger partial charge in [-0.25, -0.2) is 4.98 Å². The molecule has 8 nitrogen and oxygen atoms in total. The number of nitrogens with zero attached hydrogens (tertiary/aromatic N) is 3. The fourth-order valence-electron chi connectivity index (χ4n) is 4.42. The first-order valence-corrected chi connectivity index (χ1v) is 11.9. The zero-order chi connectivity index (χ0) is 24.6. The molecule has 1 N–H and O–H groups in total. The van der Waals surface area contributed by atoms with E-state index in [1.807, 2.05) is 77.3 Å². The minimum atomic E-state index is -0.437. The number of carbonyl (C=O) groups is 2. The number of benzene rings is 2. The van der Waals surface area contributed by atoms with Gasteiger partial charge in [0.25, 0.3) is 0 Å². The maximum atomic E-state index is 13.3. The number of methoxy groups -OCH3 is 1. The third-order valence-electron chi connectivity index (χ3n) is 6.40. The highest BCUT2D eigenvalue weighted by Gasteiger charge is 2.31. The van der Waals surface area contributed by atoms with Crippen molar-refractivity contribution in [1.82, 2.24) is 19.8 Å². The van der Waals surface area contributed by atoms with E-state index < -0.39 is 6.04 Å². The molecule has 0 spiro atoms. The van der Waals surface area contributed by atoms with Crippen LogP contribution in [0.25, 0.3) is 0 Å². The molecule has 1 fully saturated rings. The first-order valence-electron chi connectivity index (χ1n) is 11.9. The van der Waals surface area contributed by atoms with Gasteiger partial charge < -0.3 is 24.3 Å². The molecule has 1 aliphatic heterocycles. The topological polar surface area (TPSA) is 85.7 Å². The molecule has 1 unspecified atom stereocenters. The van der Waals surface area contributed by atoms with Crippen LogP contribution in [-0.2, 0) is 16.6 Å². The Kier molecular flexibility index (Phi) is 8.03. The molecule has 0 bridgehead atoms. The van der Waals surface area contributed by atoms with Gasteiger partial charge in [0, 0.05) is 44.0 Å². The van der Waals surface area contributed by atoms with E-state index in [0.717, 1.165) is 17.1 Å². The van der Waals surface area contributed by atoms with Crippen molar-refractivity contribution in [2.75, 3.05) is 26.8 Å². The Labute approximate surface area is 205 Å². The van der Waals surface area contributed by atoms with Gasteiger partial charge in [-0.15, -0.1) is 0 Å². The van der Waals surface area contributed by atoms with Crippen LogP contribution >= 0.6 is 0 Å². The Morgan fingerprint density at radius 1 is 1.09 bits per heavy atom. The molecule has 1 saturated heterocycles. The fourth-order valence-corrected chi connectivity index (χ4v) is 4.42. The van der Waals surface area contributed by atoms with Crippen molar-refractivity contribution in [1.29, 1.82) is 0 Å². The molecule has 184 valence electrons. The van der Waals surface area contributed by atoms with Crippen molar-refractivity contribution in [3.05, 3.63) is 78.4 Å². The van der Waals surface area contributed by atoms with Crippen LogP contribution in [0.1, 0.15) is 36.7 Å². The summed E-state index contributed by atoms with van der Waals surface area (Å²) in [6.45, 7) is 1.46. The van der Waals surface area contributed by atoms with E-state index in [0.29, 0.717) is 44.7 Å². The average Bonchev–Trinajstić information content (AvgIpc) is 3.33. The van der Waals surface area contributed by atoms with Crippen LogP contribution in [0.15, 0.2) is 67.0 Å². The summed E-state index contributed by atoms with van der Waals surface area (Å²) in [5.74, 6) is 2.03. The lowest BCUT2D eigenvalue weighted by atomic mass is 9.94. The van der Waals surface area contributed by atoms with Crippen LogP contribution in [0.2, 0.25) is 0 Å². The Hall–Kier alpha value is -3.81. The number of likely N-dealkylation sites (tertiary alicyclic amines) is 1. The van der Waals surface area contributed by atoms with E-state index in [1.54, 1.807) is 13.3 Å². The summed E-state index contributed by atoms with van der Waals surface area (Å²) in [6.07, 6.45) is 5.14. The van der Waals surface area contributed by atoms with E-state index in [4.69, 9.17) is 9.47 Å². The highest BCUT2D eigenvalue weighted by Crippen LogP contribution is 2.30. The van der Waals surface area contributed by atoms with Crippen LogP contribution < -0.4 is 14.8 Å². The van der Waals surface area contributed by atoms with Crippen LogP contribution in [0.4, 0.5) is 0 Å². The van der Waals surface area contributed by atoms with E-state index in [-0.39, 0.29) is 17.7 Å². The van der Waals surface area contributed by atoms with Crippen molar-refractivity contribution in [3.8, 4) is 11.5 Å². The maximum Gasteiger partial charge on any atom is 0.225 e. The van der Waals surface area contributed by atoms with Gasteiger partial charge in [-0.1, -0.05) is 36.4 Å². The third kappa shape index (κ3) is 6.01. The monoisotopic (exact) mass is 476 g/mol. The number of rotatable bonds is 9. The molecular weight excluding hydrogens is 444 g/mol. The predicted octanol–water partition coefficient (Wildman–Crippen LogP) is 3.34. The van der Waals surface area contributed by atoms with Gasteiger partial charge in [-0.3, -0.25) is 9.59 Å². The molecule has 8 heteroatoms. The molecule has 2 aromatic carbocycles. The van der Waals surface area contributed by atoms with Crippen LogP contribution in [0.3, 0.4) is 0 Å². The van der Waals surface area contributed by atoms with Crippen molar-refractivity contribution in [2.45, 2.75) is 25.3 Å². The van der Waals surface area contributed by atoms with Gasteiger partial charge in [0.1, 0.15) is 23.4 Å². The lowest BCUT2D eigenvalue weighted by Crippen LogP contribution is -2.44. The molecule has 0 radical (unpaired) electrons. The van der Waals surface area contributed by atoms with E-state index >= 15 is 0 Å². The molecule has 35 heavy (non-hydrogen) atoms. The van der Waals surface area contributed by atoms with Crippen molar-refractivity contribution >= 4 is 11.8 Å². The Bertz CT molecular complexity index is 1120. The molecule has 1 aromatic heterocycles. The van der Waals surface area contributed by atoms with Gasteiger partial charge in [0.05, 0.1) is 20.1 Å². The standard InChI is InChI=1S/C27H32N4O4/c1-30-18-15-28-26(30)25(22-10-6-7-11-23(22)34-2)29-27(33)20-12-16-31(17-13-20)24(32)14-19-35-21-8-4-3-5-9-21/h3-11,15,18,20,25H,12-14,16-17,19H2,1-2H3,(H,29,33). The zero-order valence-electron chi connectivity index (χ0n) is 20.2. The summed E-state index contributed by atoms with van der Waals surface area (Å²) in [6, 6.07) is 16.7. The molecule has 4 rings (SSSR count). The summed E-state index contributed by atoms with van der Waals surface area (Å²) in [5.41, 5.74) is 0.851. The largest absolute Gasteiger partial charge is 0.496 e. The number of hydrogen-bond acceptors (Lipinski definition) is 5. The Morgan fingerprint density at radius 3 is 2.49 bits per heavy atom. The van der Waals surface area contributed by atoms with Gasteiger partial charge in [-0.2, -0.15) is 0 Å². The first-order chi connectivity index (χ1) is 17.1. The Morgan fingerprint density at radius 2 is 1.80 bits per heavy atom. The normalized spacial score (nSPS) is 14.9. The number of ether oxygens (including phenoxy) is 2. The lowest BCUT2D eigenvalue weighted by molar-refractivity contribution is -0.136. The number of aromatic nitrogens is 2. The third-order valence-corrected chi connectivity index (χ3v) is 6.40. The van der Waals surface area contributed by atoms with Crippen LogP contribution in [-0.4, -0.2) is 53.1 Å². The minimum Gasteiger partial charge on any atom is -0.496 e. The molecule has 2 heterocycles. The van der Waals surface area contributed by atoms with Crippen molar-refractivity contribution in [3.63, 3.8) is 0 Å². The van der Waals surface area contributed by atoms with Gasteiger partial charge >= 0.3 is 0 Å². The molecule has 0 aliphatic carbocycles. The number of amides is 2. The number of nitrogens with one attached hydrogen (secondary N) is 1. The average molecular weight is 477 g/mol. The number of piperidine rings is 1. The fraction of sp³-hybridized carbons (Fsp3) is 0.370. The van der Waals surface area contributed by atoms with Crippen molar-refractivity contribution < 1.29 is 19.1 Å². The summed E-state index contributed by atoms with van der Waals surface area (Å²) in [5, 5.41) is 3.19. The number of para-hydroxylation sites is 2. The van der Waals surface area contributed by atoms with Crippen LogP contribution in [0, 0.1) is 5.92 Å². The van der Waals surface area contributed by atoms with Crippen molar-refractivity contribution in [2.24, 2.45) is 13.0 Å². The molecule has 3 aromatic rings. The number of hydrogen-bond donors (Lipinski definition) is 1. The molecular formula is C27H32N4O4.